The molecule has 0 atom stereocenters. The molecule has 0 saturated heterocycles. The van der Waals surface area contributed by atoms with Gasteiger partial charge in [-0.25, -0.2) is 8.42 Å². The van der Waals surface area contributed by atoms with Gasteiger partial charge in [0.15, 0.2) is 0 Å². The monoisotopic (exact) mass is 504 g/mol. The number of carbonyl (C=O) groups excluding carboxylic acids is 1. The number of benzene rings is 3. The van der Waals surface area contributed by atoms with Gasteiger partial charge in [0, 0.05) is 35.7 Å². The van der Waals surface area contributed by atoms with E-state index < -0.39 is 10.0 Å². The van der Waals surface area contributed by atoms with Crippen LogP contribution >= 0.6 is 23.4 Å². The number of anilines is 1. The Bertz CT molecular complexity index is 1170. The van der Waals surface area contributed by atoms with Crippen molar-refractivity contribution in [2.45, 2.75) is 10.6 Å². The average Bonchev–Trinajstić information content (AvgIpc) is 2.84. The van der Waals surface area contributed by atoms with E-state index >= 15 is 0 Å². The summed E-state index contributed by atoms with van der Waals surface area (Å²) in [5, 5.41) is 3.60. The number of carbonyl (C=O) groups is 1. The molecule has 0 radical (unpaired) electrons. The quantitative estimate of drug-likeness (QED) is 0.400. The zero-order valence-electron chi connectivity index (χ0n) is 18.3. The Kier molecular flexibility index (Phi) is 8.66. The molecule has 0 saturated carbocycles. The lowest BCUT2D eigenvalue weighted by atomic mass is 10.2. The minimum atomic E-state index is -3.73. The van der Waals surface area contributed by atoms with Gasteiger partial charge in [0.2, 0.25) is 0 Å². The highest BCUT2D eigenvalue weighted by atomic mass is 35.5. The summed E-state index contributed by atoms with van der Waals surface area (Å²) in [6.45, 7) is 0.532. The Labute approximate surface area is 204 Å². The Balaban J connectivity index is 1.51. The summed E-state index contributed by atoms with van der Waals surface area (Å²) < 4.78 is 32.0. The first-order valence-corrected chi connectivity index (χ1v) is 13.1. The number of thioether (sulfide) groups is 1. The van der Waals surface area contributed by atoms with Crippen molar-refractivity contribution in [3.63, 3.8) is 0 Å². The standard InChI is InChI=1S/C24H25ClN2O4S2/c1-27(33(29,30)23-13-11-22(31-2)12-14-23)21-9-5-19(6-10-21)24(28)26-15-16-32-17-18-3-7-20(25)8-4-18/h3-14H,15-17H2,1-2H3,(H,26,28). The SMILES string of the molecule is COc1ccc(S(=O)(=O)N(C)c2ccc(C(=O)NCCSCc3ccc(Cl)cc3)cc2)cc1. The second kappa shape index (κ2) is 11.4. The van der Waals surface area contributed by atoms with Gasteiger partial charge >= 0.3 is 0 Å². The minimum absolute atomic E-state index is 0.156. The highest BCUT2D eigenvalue weighted by molar-refractivity contribution is 7.98. The fourth-order valence-electron chi connectivity index (χ4n) is 2.98. The molecule has 9 heteroatoms. The molecule has 0 bridgehead atoms. The number of rotatable bonds is 10. The summed E-state index contributed by atoms with van der Waals surface area (Å²) in [7, 11) is -0.729. The highest BCUT2D eigenvalue weighted by Crippen LogP contribution is 2.24. The van der Waals surface area contributed by atoms with Gasteiger partial charge in [0.05, 0.1) is 17.7 Å². The number of sulfonamides is 1. The van der Waals surface area contributed by atoms with Crippen LogP contribution in [0.2, 0.25) is 5.02 Å². The van der Waals surface area contributed by atoms with E-state index in [2.05, 4.69) is 5.32 Å². The second-order valence-corrected chi connectivity index (χ2v) is 10.6. The molecule has 0 heterocycles. The predicted octanol–water partition coefficient (Wildman–Crippen LogP) is 4.84. The van der Waals surface area contributed by atoms with Gasteiger partial charge in [0.1, 0.15) is 5.75 Å². The molecule has 174 valence electrons. The predicted molar refractivity (Wildman–Crippen MR) is 135 cm³/mol. The van der Waals surface area contributed by atoms with Crippen molar-refractivity contribution in [2.24, 2.45) is 0 Å². The normalized spacial score (nSPS) is 11.1. The van der Waals surface area contributed by atoms with E-state index in [4.69, 9.17) is 16.3 Å². The Morgan fingerprint density at radius 2 is 1.64 bits per heavy atom. The zero-order valence-corrected chi connectivity index (χ0v) is 20.7. The van der Waals surface area contributed by atoms with Gasteiger partial charge in [-0.3, -0.25) is 9.10 Å². The first kappa shape index (κ1) is 25.0. The Morgan fingerprint density at radius 3 is 2.24 bits per heavy atom. The third-order valence-electron chi connectivity index (χ3n) is 4.92. The molecule has 0 aliphatic rings. The molecule has 0 fully saturated rings. The van der Waals surface area contributed by atoms with Crippen LogP contribution in [0.1, 0.15) is 15.9 Å². The van der Waals surface area contributed by atoms with Crippen LogP contribution in [0.3, 0.4) is 0 Å². The highest BCUT2D eigenvalue weighted by Gasteiger charge is 2.21. The van der Waals surface area contributed by atoms with E-state index in [0.717, 1.165) is 11.5 Å². The summed E-state index contributed by atoms with van der Waals surface area (Å²) in [5.74, 6) is 2.00. The van der Waals surface area contributed by atoms with Crippen molar-refractivity contribution in [3.8, 4) is 5.75 Å². The maximum absolute atomic E-state index is 12.9. The number of hydrogen-bond acceptors (Lipinski definition) is 5. The first-order chi connectivity index (χ1) is 15.8. The number of halogens is 1. The average molecular weight is 505 g/mol. The molecule has 1 N–H and O–H groups in total. The summed E-state index contributed by atoms with van der Waals surface area (Å²) in [6.07, 6.45) is 0. The number of nitrogens with one attached hydrogen (secondary N) is 1. The number of ether oxygens (including phenoxy) is 1. The fraction of sp³-hybridized carbons (Fsp3) is 0.208. The lowest BCUT2D eigenvalue weighted by molar-refractivity contribution is 0.0956. The molecule has 6 nitrogen and oxygen atoms in total. The number of amides is 1. The van der Waals surface area contributed by atoms with E-state index in [-0.39, 0.29) is 10.8 Å². The summed E-state index contributed by atoms with van der Waals surface area (Å²) in [5.41, 5.74) is 2.11. The Hall–Kier alpha value is -2.68. The molecular formula is C24H25ClN2O4S2. The maximum Gasteiger partial charge on any atom is 0.264 e. The number of methoxy groups -OCH3 is 1. The number of nitrogens with zero attached hydrogens (tertiary/aromatic N) is 1. The molecule has 33 heavy (non-hydrogen) atoms. The fourth-order valence-corrected chi connectivity index (χ4v) is 5.12. The van der Waals surface area contributed by atoms with Crippen LogP contribution in [0.25, 0.3) is 0 Å². The molecule has 0 aliphatic carbocycles. The van der Waals surface area contributed by atoms with Gasteiger partial charge in [-0.1, -0.05) is 23.7 Å². The number of hydrogen-bond donors (Lipinski definition) is 1. The molecule has 0 aliphatic heterocycles. The molecule has 3 rings (SSSR count). The lowest BCUT2D eigenvalue weighted by Gasteiger charge is -2.20. The molecular weight excluding hydrogens is 480 g/mol. The largest absolute Gasteiger partial charge is 0.497 e. The summed E-state index contributed by atoms with van der Waals surface area (Å²) in [4.78, 5) is 12.6. The van der Waals surface area contributed by atoms with Gasteiger partial charge in [-0.05, 0) is 66.2 Å². The van der Waals surface area contributed by atoms with Crippen molar-refractivity contribution in [1.82, 2.24) is 5.32 Å². The van der Waals surface area contributed by atoms with Crippen LogP contribution in [-0.4, -0.2) is 40.8 Å². The van der Waals surface area contributed by atoms with Crippen molar-refractivity contribution in [3.05, 3.63) is 88.9 Å². The van der Waals surface area contributed by atoms with E-state index in [0.29, 0.717) is 28.6 Å². The van der Waals surface area contributed by atoms with Crippen LogP contribution in [0.5, 0.6) is 5.75 Å². The topological polar surface area (TPSA) is 75.7 Å². The first-order valence-electron chi connectivity index (χ1n) is 10.1. The van der Waals surface area contributed by atoms with Crippen LogP contribution in [0.4, 0.5) is 5.69 Å². The maximum atomic E-state index is 12.9. The van der Waals surface area contributed by atoms with Gasteiger partial charge in [-0.2, -0.15) is 11.8 Å². The summed E-state index contributed by atoms with van der Waals surface area (Å²) >= 11 is 7.60. The van der Waals surface area contributed by atoms with E-state index in [1.54, 1.807) is 48.2 Å². The van der Waals surface area contributed by atoms with Gasteiger partial charge < -0.3 is 10.1 Å². The molecule has 3 aromatic carbocycles. The van der Waals surface area contributed by atoms with Crippen molar-refractivity contribution in [1.29, 1.82) is 0 Å². The van der Waals surface area contributed by atoms with Crippen LogP contribution in [0.15, 0.2) is 77.7 Å². The van der Waals surface area contributed by atoms with Gasteiger partial charge in [0.25, 0.3) is 15.9 Å². The third kappa shape index (κ3) is 6.66. The van der Waals surface area contributed by atoms with E-state index in [9.17, 15) is 13.2 Å². The molecule has 0 spiro atoms. The molecule has 0 unspecified atom stereocenters. The van der Waals surface area contributed by atoms with Crippen molar-refractivity contribution in [2.75, 3.05) is 30.8 Å². The van der Waals surface area contributed by atoms with Gasteiger partial charge in [-0.15, -0.1) is 0 Å². The van der Waals surface area contributed by atoms with Crippen LogP contribution < -0.4 is 14.4 Å². The smallest absolute Gasteiger partial charge is 0.264 e. The second-order valence-electron chi connectivity index (χ2n) is 7.13. The molecule has 0 aromatic heterocycles. The third-order valence-corrected chi connectivity index (χ3v) is 8.01. The Morgan fingerprint density at radius 1 is 1.00 bits per heavy atom. The molecule has 1 amide bonds. The minimum Gasteiger partial charge on any atom is -0.497 e. The van der Waals surface area contributed by atoms with Crippen molar-refractivity contribution >= 4 is 45.0 Å². The summed E-state index contributed by atoms with van der Waals surface area (Å²) in [6, 6.07) is 20.4. The zero-order chi connectivity index (χ0) is 23.8. The van der Waals surface area contributed by atoms with Crippen molar-refractivity contribution < 1.29 is 17.9 Å². The van der Waals surface area contributed by atoms with E-state index in [1.165, 1.54) is 36.2 Å². The van der Waals surface area contributed by atoms with E-state index in [1.807, 2.05) is 24.3 Å². The lowest BCUT2D eigenvalue weighted by Crippen LogP contribution is -2.27. The van der Waals surface area contributed by atoms with Crippen LogP contribution in [0, 0.1) is 0 Å². The molecule has 3 aromatic rings. The van der Waals surface area contributed by atoms with Crippen LogP contribution in [-0.2, 0) is 15.8 Å².